The Hall–Kier alpha value is -0.750. The molecule has 1 aromatic rings. The van der Waals surface area contributed by atoms with Gasteiger partial charge in [-0.15, -0.1) is 0 Å². The maximum Gasteiger partial charge on any atom is 0.417 e. The fourth-order valence-electron chi connectivity index (χ4n) is 1.16. The van der Waals surface area contributed by atoms with Crippen molar-refractivity contribution in [1.29, 1.82) is 0 Å². The maximum absolute atomic E-state index is 12.6. The molecule has 17 heavy (non-hydrogen) atoms. The number of nitrogens with zero attached hydrogens (tertiary/aromatic N) is 1. The first-order valence-corrected chi connectivity index (χ1v) is 5.74. The number of ether oxygens (including phenoxy) is 1. The Morgan fingerprint density at radius 3 is 2.47 bits per heavy atom. The molecule has 0 N–H and O–H groups in total. The summed E-state index contributed by atoms with van der Waals surface area (Å²) >= 11 is 2.87. The quantitative estimate of drug-likeness (QED) is 0.845. The van der Waals surface area contributed by atoms with Crippen molar-refractivity contribution in [3.63, 3.8) is 0 Å². The Morgan fingerprint density at radius 1 is 1.29 bits per heavy atom. The molecule has 0 aliphatic rings. The molecule has 0 aromatic heterocycles. The standard InChI is InChI=1S/C11H13BrF3NO/c1-16(2)5-6-17-8-3-4-10(12)9(7-8)11(13,14)15/h3-4,7H,5-6H2,1-2H3. The third kappa shape index (κ3) is 4.55. The van der Waals surface area contributed by atoms with Crippen LogP contribution in [0, 0.1) is 0 Å². The first-order chi connectivity index (χ1) is 7.80. The molecule has 0 saturated heterocycles. The first kappa shape index (κ1) is 14.3. The van der Waals surface area contributed by atoms with Crippen molar-refractivity contribution in [2.24, 2.45) is 0 Å². The van der Waals surface area contributed by atoms with Gasteiger partial charge in [-0.1, -0.05) is 15.9 Å². The van der Waals surface area contributed by atoms with Crippen LogP contribution in [0.2, 0.25) is 0 Å². The van der Waals surface area contributed by atoms with Crippen molar-refractivity contribution >= 4 is 15.9 Å². The Balaban J connectivity index is 2.76. The van der Waals surface area contributed by atoms with Crippen molar-refractivity contribution in [3.8, 4) is 5.75 Å². The summed E-state index contributed by atoms with van der Waals surface area (Å²) in [7, 11) is 3.73. The number of rotatable bonds is 4. The lowest BCUT2D eigenvalue weighted by Crippen LogP contribution is -2.19. The van der Waals surface area contributed by atoms with Gasteiger partial charge in [0.25, 0.3) is 0 Å². The lowest BCUT2D eigenvalue weighted by Gasteiger charge is -2.13. The van der Waals surface area contributed by atoms with E-state index in [0.29, 0.717) is 13.2 Å². The minimum absolute atomic E-state index is 0.0185. The third-order valence-electron chi connectivity index (χ3n) is 2.05. The molecule has 0 aliphatic heterocycles. The van der Waals surface area contributed by atoms with Crippen LogP contribution in [0.15, 0.2) is 22.7 Å². The van der Waals surface area contributed by atoms with Gasteiger partial charge in [0.2, 0.25) is 0 Å². The van der Waals surface area contributed by atoms with Gasteiger partial charge in [-0.2, -0.15) is 13.2 Å². The Bertz CT molecular complexity index is 379. The SMILES string of the molecule is CN(C)CCOc1ccc(Br)c(C(F)(F)F)c1. The summed E-state index contributed by atoms with van der Waals surface area (Å²) in [4.78, 5) is 1.89. The van der Waals surface area contributed by atoms with Crippen molar-refractivity contribution in [2.45, 2.75) is 6.18 Å². The zero-order chi connectivity index (χ0) is 13.1. The summed E-state index contributed by atoms with van der Waals surface area (Å²) < 4.78 is 43.0. The Morgan fingerprint density at radius 2 is 1.94 bits per heavy atom. The normalized spacial score (nSPS) is 11.9. The largest absolute Gasteiger partial charge is 0.492 e. The zero-order valence-corrected chi connectivity index (χ0v) is 11.1. The summed E-state index contributed by atoms with van der Waals surface area (Å²) in [5.41, 5.74) is -0.722. The summed E-state index contributed by atoms with van der Waals surface area (Å²) in [5, 5.41) is 0. The molecular weight excluding hydrogens is 299 g/mol. The molecule has 0 aliphatic carbocycles. The van der Waals surface area contributed by atoms with Gasteiger partial charge >= 0.3 is 6.18 Å². The van der Waals surface area contributed by atoms with Crippen LogP contribution in [0.5, 0.6) is 5.75 Å². The predicted octanol–water partition coefficient (Wildman–Crippen LogP) is 3.41. The van der Waals surface area contributed by atoms with Gasteiger partial charge < -0.3 is 9.64 Å². The monoisotopic (exact) mass is 311 g/mol. The van der Waals surface area contributed by atoms with E-state index in [9.17, 15) is 13.2 Å². The highest BCUT2D eigenvalue weighted by atomic mass is 79.9. The topological polar surface area (TPSA) is 12.5 Å². The second kappa shape index (κ2) is 5.73. The molecule has 1 rings (SSSR count). The molecule has 0 amide bonds. The summed E-state index contributed by atoms with van der Waals surface area (Å²) in [6, 6.07) is 3.85. The molecule has 0 saturated carbocycles. The van der Waals surface area contributed by atoms with Crippen LogP contribution < -0.4 is 4.74 Å². The van der Waals surface area contributed by atoms with Crippen molar-refractivity contribution in [2.75, 3.05) is 27.2 Å². The minimum atomic E-state index is -4.38. The second-order valence-electron chi connectivity index (χ2n) is 3.79. The van der Waals surface area contributed by atoms with Gasteiger partial charge in [-0.25, -0.2) is 0 Å². The first-order valence-electron chi connectivity index (χ1n) is 4.95. The lowest BCUT2D eigenvalue weighted by molar-refractivity contribution is -0.138. The fraction of sp³-hybridized carbons (Fsp3) is 0.455. The molecule has 96 valence electrons. The number of likely N-dealkylation sites (N-methyl/N-ethyl adjacent to an activating group) is 1. The van der Waals surface area contributed by atoms with Gasteiger partial charge in [0, 0.05) is 11.0 Å². The van der Waals surface area contributed by atoms with E-state index in [1.165, 1.54) is 12.1 Å². The Kier molecular flexibility index (Phi) is 4.82. The van der Waals surface area contributed by atoms with Gasteiger partial charge in [-0.3, -0.25) is 0 Å². The molecule has 0 radical (unpaired) electrons. The predicted molar refractivity (Wildman–Crippen MR) is 63.2 cm³/mol. The van der Waals surface area contributed by atoms with Crippen molar-refractivity contribution < 1.29 is 17.9 Å². The van der Waals surface area contributed by atoms with E-state index >= 15 is 0 Å². The molecule has 0 spiro atoms. The highest BCUT2D eigenvalue weighted by Gasteiger charge is 2.33. The maximum atomic E-state index is 12.6. The molecule has 0 fully saturated rings. The molecular formula is C11H13BrF3NO. The number of alkyl halides is 3. The number of hydrogen-bond donors (Lipinski definition) is 0. The van der Waals surface area contributed by atoms with E-state index < -0.39 is 11.7 Å². The van der Waals surface area contributed by atoms with Gasteiger partial charge in [0.1, 0.15) is 12.4 Å². The molecule has 1 aromatic carbocycles. The van der Waals surface area contributed by atoms with Crippen LogP contribution in [-0.4, -0.2) is 32.1 Å². The van der Waals surface area contributed by atoms with E-state index in [4.69, 9.17) is 4.74 Å². The van der Waals surface area contributed by atoms with E-state index in [1.54, 1.807) is 0 Å². The number of benzene rings is 1. The van der Waals surface area contributed by atoms with Crippen LogP contribution in [0.4, 0.5) is 13.2 Å². The van der Waals surface area contributed by atoms with Crippen LogP contribution in [-0.2, 0) is 6.18 Å². The van der Waals surface area contributed by atoms with Crippen molar-refractivity contribution in [3.05, 3.63) is 28.2 Å². The number of hydrogen-bond acceptors (Lipinski definition) is 2. The Labute approximate surface area is 106 Å². The van der Waals surface area contributed by atoms with Gasteiger partial charge in [-0.05, 0) is 32.3 Å². The van der Waals surface area contributed by atoms with E-state index in [-0.39, 0.29) is 10.2 Å². The van der Waals surface area contributed by atoms with E-state index in [2.05, 4.69) is 15.9 Å². The molecule has 0 atom stereocenters. The summed E-state index contributed by atoms with van der Waals surface area (Å²) in [5.74, 6) is 0.224. The highest BCUT2D eigenvalue weighted by molar-refractivity contribution is 9.10. The van der Waals surface area contributed by atoms with Crippen molar-refractivity contribution in [1.82, 2.24) is 4.90 Å². The molecule has 2 nitrogen and oxygen atoms in total. The van der Waals surface area contributed by atoms with Crippen LogP contribution in [0.3, 0.4) is 0 Å². The third-order valence-corrected chi connectivity index (χ3v) is 2.74. The average Bonchev–Trinajstić information content (AvgIpc) is 2.18. The highest BCUT2D eigenvalue weighted by Crippen LogP contribution is 2.36. The van der Waals surface area contributed by atoms with E-state index in [0.717, 1.165) is 6.07 Å². The van der Waals surface area contributed by atoms with Gasteiger partial charge in [0.05, 0.1) is 5.56 Å². The van der Waals surface area contributed by atoms with E-state index in [1.807, 2.05) is 19.0 Å². The van der Waals surface area contributed by atoms with Crippen LogP contribution in [0.25, 0.3) is 0 Å². The zero-order valence-electron chi connectivity index (χ0n) is 9.51. The van der Waals surface area contributed by atoms with Gasteiger partial charge in [0.15, 0.2) is 0 Å². The smallest absolute Gasteiger partial charge is 0.417 e. The lowest BCUT2D eigenvalue weighted by atomic mass is 10.2. The molecule has 0 unspecified atom stereocenters. The van der Waals surface area contributed by atoms with Crippen LogP contribution in [0.1, 0.15) is 5.56 Å². The number of halogens is 4. The molecule has 6 heteroatoms. The van der Waals surface area contributed by atoms with Crippen LogP contribution >= 0.6 is 15.9 Å². The fourth-order valence-corrected chi connectivity index (χ4v) is 1.63. The summed E-state index contributed by atoms with van der Waals surface area (Å²) in [6.07, 6.45) is -4.38. The minimum Gasteiger partial charge on any atom is -0.492 e. The molecule has 0 bridgehead atoms. The average molecular weight is 312 g/mol. The molecule has 0 heterocycles. The second-order valence-corrected chi connectivity index (χ2v) is 4.65. The summed E-state index contributed by atoms with van der Waals surface area (Å²) in [6.45, 7) is 1.00.